The standard InChI is InChI=1S/C42H43FN10O6/c43-28-6-13-34-27(22-28)24-45-36-15-17-53-39(49-36)31(25-46-53)41(57)48-32-11-5-26(23-35(32)59-34)40(56)44-16-3-1-2-4-38(55)52-20-18-51(19-21-52)30-9-7-29(8-10-30)47-33-12-14-37(54)50-42(33)58/h5-11,13,15,17,22-23,25,33,47H,1-4,12,14,16,18-21,24H2,(H,44,56)(H,45,49)(H,48,57)(H,50,54,58). The maximum atomic E-state index is 14.4. The molecule has 1 atom stereocenters. The molecule has 5 heterocycles. The largest absolute Gasteiger partial charge is 0.455 e. The number of rotatable bonds is 10. The van der Waals surface area contributed by atoms with Gasteiger partial charge in [0.15, 0.2) is 11.4 Å². The monoisotopic (exact) mass is 802 g/mol. The Morgan fingerprint density at radius 2 is 1.73 bits per heavy atom. The first-order valence-corrected chi connectivity index (χ1v) is 19.7. The van der Waals surface area contributed by atoms with Gasteiger partial charge in [-0.05, 0) is 86.0 Å². The Morgan fingerprint density at radius 1 is 0.898 bits per heavy atom. The van der Waals surface area contributed by atoms with Crippen molar-refractivity contribution in [3.8, 4) is 11.5 Å². The van der Waals surface area contributed by atoms with Crippen LogP contribution in [0.5, 0.6) is 11.5 Å². The lowest BCUT2D eigenvalue weighted by Crippen LogP contribution is -2.48. The molecule has 5 amide bonds. The summed E-state index contributed by atoms with van der Waals surface area (Å²) in [6.45, 7) is 3.23. The molecule has 5 aromatic rings. The topological polar surface area (TPSA) is 191 Å². The van der Waals surface area contributed by atoms with E-state index in [9.17, 15) is 28.4 Å². The van der Waals surface area contributed by atoms with E-state index in [1.54, 1.807) is 24.4 Å². The van der Waals surface area contributed by atoms with E-state index >= 15 is 0 Å². The number of hydrogen-bond acceptors (Lipinski definition) is 11. The molecule has 2 fully saturated rings. The predicted octanol–water partition coefficient (Wildman–Crippen LogP) is 4.69. The molecule has 1 unspecified atom stereocenters. The number of hydrogen-bond donors (Lipinski definition) is 5. The number of amides is 5. The van der Waals surface area contributed by atoms with E-state index in [0.717, 1.165) is 17.8 Å². The molecule has 3 aliphatic heterocycles. The van der Waals surface area contributed by atoms with Crippen molar-refractivity contribution in [3.63, 3.8) is 0 Å². The van der Waals surface area contributed by atoms with Crippen molar-refractivity contribution >= 4 is 58.1 Å². The molecule has 3 aromatic carbocycles. The molecular weight excluding hydrogens is 760 g/mol. The first-order chi connectivity index (χ1) is 28.7. The van der Waals surface area contributed by atoms with Gasteiger partial charge in [0.1, 0.15) is 29.0 Å². The second-order valence-corrected chi connectivity index (χ2v) is 14.6. The summed E-state index contributed by atoms with van der Waals surface area (Å²) >= 11 is 0. The average Bonchev–Trinajstić information content (AvgIpc) is 3.67. The van der Waals surface area contributed by atoms with Crippen molar-refractivity contribution < 1.29 is 33.1 Å². The number of nitrogens with one attached hydrogen (secondary N) is 5. The summed E-state index contributed by atoms with van der Waals surface area (Å²) < 4.78 is 22.1. The lowest BCUT2D eigenvalue weighted by molar-refractivity contribution is -0.134. The van der Waals surface area contributed by atoms with Crippen LogP contribution in [-0.4, -0.2) is 87.8 Å². The highest BCUT2D eigenvalue weighted by molar-refractivity contribution is 6.09. The van der Waals surface area contributed by atoms with Gasteiger partial charge in [-0.25, -0.2) is 13.9 Å². The van der Waals surface area contributed by atoms with Gasteiger partial charge in [0, 0.05) is 80.8 Å². The molecule has 5 N–H and O–H groups in total. The minimum absolute atomic E-state index is 0.112. The number of halogens is 1. The van der Waals surface area contributed by atoms with Gasteiger partial charge in [0.2, 0.25) is 17.7 Å². The zero-order valence-electron chi connectivity index (χ0n) is 32.1. The summed E-state index contributed by atoms with van der Waals surface area (Å²) in [5, 5.41) is 18.7. The Balaban J connectivity index is 0.802. The second-order valence-electron chi connectivity index (χ2n) is 14.6. The summed E-state index contributed by atoms with van der Waals surface area (Å²) in [5.74, 6) is -0.715. The lowest BCUT2D eigenvalue weighted by atomic mass is 10.1. The maximum absolute atomic E-state index is 14.4. The van der Waals surface area contributed by atoms with Crippen molar-refractivity contribution in [3.05, 3.63) is 102 Å². The highest BCUT2D eigenvalue weighted by atomic mass is 19.1. The van der Waals surface area contributed by atoms with Crippen LogP contribution in [0, 0.1) is 5.82 Å². The molecule has 3 aliphatic rings. The quantitative estimate of drug-likeness (QED) is 0.0973. The van der Waals surface area contributed by atoms with Crippen LogP contribution in [0.2, 0.25) is 0 Å². The van der Waals surface area contributed by atoms with Crippen LogP contribution in [0.4, 0.5) is 27.3 Å². The van der Waals surface area contributed by atoms with Crippen molar-refractivity contribution in [2.45, 2.75) is 51.1 Å². The average molecular weight is 803 g/mol. The van der Waals surface area contributed by atoms with Crippen LogP contribution in [0.3, 0.4) is 0 Å². The van der Waals surface area contributed by atoms with Crippen LogP contribution in [0.1, 0.15) is 64.8 Å². The molecule has 0 radical (unpaired) electrons. The van der Waals surface area contributed by atoms with E-state index in [1.165, 1.54) is 35.0 Å². The fourth-order valence-electron chi connectivity index (χ4n) is 7.31. The fraction of sp³-hybridized carbons (Fsp3) is 0.310. The van der Waals surface area contributed by atoms with Crippen molar-refractivity contribution in [2.24, 2.45) is 0 Å². The van der Waals surface area contributed by atoms with Gasteiger partial charge in [0.05, 0.1) is 11.9 Å². The number of fused-ring (bicyclic) bond motifs is 3. The molecule has 59 heavy (non-hydrogen) atoms. The zero-order valence-corrected chi connectivity index (χ0v) is 32.1. The van der Waals surface area contributed by atoms with E-state index < -0.39 is 17.8 Å². The summed E-state index contributed by atoms with van der Waals surface area (Å²) in [6, 6.07) is 17.9. The van der Waals surface area contributed by atoms with Crippen LogP contribution < -0.4 is 36.2 Å². The number of piperazine rings is 1. The molecule has 2 bridgehead atoms. The number of anilines is 4. The zero-order chi connectivity index (χ0) is 40.9. The molecule has 2 saturated heterocycles. The number of unbranched alkanes of at least 4 members (excludes halogenated alkanes) is 2. The van der Waals surface area contributed by atoms with E-state index in [2.05, 4.69) is 41.6 Å². The molecule has 304 valence electrons. The number of aromatic nitrogens is 3. The third-order valence-electron chi connectivity index (χ3n) is 10.6. The molecule has 0 aliphatic carbocycles. The van der Waals surface area contributed by atoms with Crippen molar-refractivity contribution in [1.82, 2.24) is 30.1 Å². The molecule has 0 saturated carbocycles. The number of ether oxygens (including phenoxy) is 1. The highest BCUT2D eigenvalue weighted by Crippen LogP contribution is 2.34. The molecule has 2 aromatic heterocycles. The summed E-state index contributed by atoms with van der Waals surface area (Å²) in [4.78, 5) is 71.8. The third kappa shape index (κ3) is 9.08. The highest BCUT2D eigenvalue weighted by Gasteiger charge is 2.27. The van der Waals surface area contributed by atoms with Crippen LogP contribution in [0.15, 0.2) is 79.1 Å². The Hall–Kier alpha value is -7.04. The van der Waals surface area contributed by atoms with Crippen LogP contribution in [0.25, 0.3) is 5.65 Å². The van der Waals surface area contributed by atoms with Gasteiger partial charge in [-0.2, -0.15) is 5.10 Å². The smallest absolute Gasteiger partial charge is 0.261 e. The fourth-order valence-corrected chi connectivity index (χ4v) is 7.31. The minimum Gasteiger partial charge on any atom is -0.455 e. The first kappa shape index (κ1) is 38.8. The third-order valence-corrected chi connectivity index (χ3v) is 10.6. The SMILES string of the molecule is O=C1CCC(Nc2ccc(N3CCN(C(=O)CCCCCNC(=O)c4ccc5c(c4)Oc4ccc(F)cc4CNc4ccn6ncc(c6n4)C(=O)N5)CC3)cc2)C(=O)N1. The minimum atomic E-state index is -0.476. The molecular formula is C42H43FN10O6. The Bertz CT molecular complexity index is 2410. The number of imide groups is 1. The van der Waals surface area contributed by atoms with Gasteiger partial charge in [-0.15, -0.1) is 0 Å². The van der Waals surface area contributed by atoms with E-state index in [0.29, 0.717) is 98.9 Å². The maximum Gasteiger partial charge on any atom is 0.261 e. The summed E-state index contributed by atoms with van der Waals surface area (Å²) in [5.41, 5.74) is 3.50. The lowest BCUT2D eigenvalue weighted by Gasteiger charge is -2.36. The Morgan fingerprint density at radius 3 is 2.54 bits per heavy atom. The molecule has 0 spiro atoms. The van der Waals surface area contributed by atoms with E-state index in [1.807, 2.05) is 29.2 Å². The van der Waals surface area contributed by atoms with E-state index in [-0.39, 0.29) is 41.5 Å². The summed E-state index contributed by atoms with van der Waals surface area (Å²) in [6.07, 6.45) is 6.42. The normalized spacial score (nSPS) is 16.6. The van der Waals surface area contributed by atoms with Gasteiger partial charge in [-0.3, -0.25) is 29.3 Å². The van der Waals surface area contributed by atoms with Gasteiger partial charge in [-0.1, -0.05) is 6.42 Å². The number of benzene rings is 3. The molecule has 8 rings (SSSR count). The molecule has 17 heteroatoms. The van der Waals surface area contributed by atoms with Crippen molar-refractivity contribution in [1.29, 1.82) is 0 Å². The van der Waals surface area contributed by atoms with E-state index in [4.69, 9.17) is 4.74 Å². The second kappa shape index (κ2) is 17.2. The molecule has 16 nitrogen and oxygen atoms in total. The number of piperidine rings is 1. The van der Waals surface area contributed by atoms with Gasteiger partial charge in [0.25, 0.3) is 11.8 Å². The number of nitrogens with zero attached hydrogens (tertiary/aromatic N) is 5. The number of carbonyl (C=O) groups is 5. The summed E-state index contributed by atoms with van der Waals surface area (Å²) in [7, 11) is 0. The van der Waals surface area contributed by atoms with Crippen molar-refractivity contribution in [2.75, 3.05) is 53.6 Å². The van der Waals surface area contributed by atoms with Gasteiger partial charge < -0.3 is 35.8 Å². The van der Waals surface area contributed by atoms with Crippen LogP contribution >= 0.6 is 0 Å². The Labute approximate surface area is 338 Å². The van der Waals surface area contributed by atoms with Gasteiger partial charge >= 0.3 is 0 Å². The first-order valence-electron chi connectivity index (χ1n) is 19.7. The predicted molar refractivity (Wildman–Crippen MR) is 217 cm³/mol. The Kier molecular flexibility index (Phi) is 11.3. The number of carbonyl (C=O) groups excluding carboxylic acids is 5. The van der Waals surface area contributed by atoms with Crippen LogP contribution in [-0.2, 0) is 20.9 Å².